The zero-order valence-corrected chi connectivity index (χ0v) is 13.1. The molecule has 1 aromatic heterocycles. The van der Waals surface area contributed by atoms with E-state index in [1.54, 1.807) is 32.1 Å². The molecule has 5 heteroatoms. The summed E-state index contributed by atoms with van der Waals surface area (Å²) in [7, 11) is 0. The Balaban J connectivity index is 2.06. The van der Waals surface area contributed by atoms with E-state index in [9.17, 15) is 9.18 Å². The normalized spacial score (nSPS) is 11.2. The van der Waals surface area contributed by atoms with Gasteiger partial charge >= 0.3 is 6.09 Å². The molecule has 0 aliphatic rings. The molecule has 0 saturated heterocycles. The van der Waals surface area contributed by atoms with Crippen LogP contribution in [0.1, 0.15) is 26.3 Å². The first-order valence-electron chi connectivity index (χ1n) is 6.62. The Morgan fingerprint density at radius 2 is 2.05 bits per heavy atom. The van der Waals surface area contributed by atoms with Crippen molar-refractivity contribution in [2.75, 3.05) is 0 Å². The smallest absolute Gasteiger partial charge is 0.407 e. The fraction of sp³-hybridized carbons (Fsp3) is 0.312. The lowest BCUT2D eigenvalue weighted by Gasteiger charge is -2.19. The Morgan fingerprint density at radius 1 is 1.29 bits per heavy atom. The van der Waals surface area contributed by atoms with Crippen molar-refractivity contribution in [3.8, 4) is 11.1 Å². The van der Waals surface area contributed by atoms with Gasteiger partial charge in [-0.05, 0) is 72.5 Å². The van der Waals surface area contributed by atoms with Gasteiger partial charge in [-0.3, -0.25) is 0 Å². The fourth-order valence-corrected chi connectivity index (χ4v) is 2.50. The summed E-state index contributed by atoms with van der Waals surface area (Å²) in [6, 6.07) is 6.69. The van der Waals surface area contributed by atoms with Crippen LogP contribution in [0.5, 0.6) is 0 Å². The fourth-order valence-electron chi connectivity index (χ4n) is 1.84. The van der Waals surface area contributed by atoms with E-state index in [0.717, 1.165) is 11.1 Å². The van der Waals surface area contributed by atoms with Gasteiger partial charge in [-0.15, -0.1) is 0 Å². The highest BCUT2D eigenvalue weighted by molar-refractivity contribution is 7.08. The number of benzene rings is 1. The largest absolute Gasteiger partial charge is 0.444 e. The molecule has 1 amide bonds. The number of carbonyl (C=O) groups is 1. The molecule has 1 heterocycles. The Hall–Kier alpha value is -1.88. The molecule has 112 valence electrons. The number of ether oxygens (including phenoxy) is 1. The molecule has 0 spiro atoms. The highest BCUT2D eigenvalue weighted by atomic mass is 32.1. The third-order valence-electron chi connectivity index (χ3n) is 2.65. The minimum absolute atomic E-state index is 0.226. The van der Waals surface area contributed by atoms with Crippen LogP contribution in [-0.2, 0) is 11.3 Å². The van der Waals surface area contributed by atoms with Crippen molar-refractivity contribution < 1.29 is 13.9 Å². The SMILES string of the molecule is CC(C)(C)OC(=O)NCc1cc(F)cc(-c2ccsc2)c1. The topological polar surface area (TPSA) is 38.3 Å². The van der Waals surface area contributed by atoms with Crippen LogP contribution in [-0.4, -0.2) is 11.7 Å². The molecule has 2 rings (SSSR count). The zero-order chi connectivity index (χ0) is 15.5. The average Bonchev–Trinajstić information content (AvgIpc) is 2.87. The van der Waals surface area contributed by atoms with E-state index >= 15 is 0 Å². The van der Waals surface area contributed by atoms with E-state index in [4.69, 9.17) is 4.74 Å². The van der Waals surface area contributed by atoms with Gasteiger partial charge < -0.3 is 10.1 Å². The molecule has 1 aromatic carbocycles. The van der Waals surface area contributed by atoms with E-state index in [0.29, 0.717) is 5.56 Å². The number of thiophene rings is 1. The minimum Gasteiger partial charge on any atom is -0.444 e. The maximum Gasteiger partial charge on any atom is 0.407 e. The molecule has 0 aliphatic heterocycles. The van der Waals surface area contributed by atoms with Gasteiger partial charge in [0, 0.05) is 6.54 Å². The van der Waals surface area contributed by atoms with Crippen molar-refractivity contribution in [2.24, 2.45) is 0 Å². The van der Waals surface area contributed by atoms with Crippen molar-refractivity contribution in [3.63, 3.8) is 0 Å². The van der Waals surface area contributed by atoms with Gasteiger partial charge in [-0.2, -0.15) is 11.3 Å². The highest BCUT2D eigenvalue weighted by Gasteiger charge is 2.15. The molecule has 3 nitrogen and oxygen atoms in total. The molecule has 0 bridgehead atoms. The molecular formula is C16H18FNO2S. The van der Waals surface area contributed by atoms with Gasteiger partial charge in [0.05, 0.1) is 0 Å². The molecule has 0 aliphatic carbocycles. The maximum atomic E-state index is 13.7. The summed E-state index contributed by atoms with van der Waals surface area (Å²) in [6.45, 7) is 5.61. The number of halogens is 1. The van der Waals surface area contributed by atoms with Crippen LogP contribution in [0.15, 0.2) is 35.0 Å². The molecule has 0 atom stereocenters. The van der Waals surface area contributed by atoms with E-state index < -0.39 is 11.7 Å². The lowest BCUT2D eigenvalue weighted by Crippen LogP contribution is -2.32. The minimum atomic E-state index is -0.548. The van der Waals surface area contributed by atoms with E-state index in [2.05, 4.69) is 5.32 Å². The molecule has 0 radical (unpaired) electrons. The number of alkyl carbamates (subject to hydrolysis) is 1. The van der Waals surface area contributed by atoms with Crippen molar-refractivity contribution in [1.82, 2.24) is 5.32 Å². The number of hydrogen-bond donors (Lipinski definition) is 1. The summed E-state index contributed by atoms with van der Waals surface area (Å²) in [6.07, 6.45) is -0.510. The summed E-state index contributed by atoms with van der Waals surface area (Å²) in [5.41, 5.74) is 1.92. The predicted molar refractivity (Wildman–Crippen MR) is 82.8 cm³/mol. The van der Waals surface area contributed by atoms with Crippen LogP contribution < -0.4 is 5.32 Å². The van der Waals surface area contributed by atoms with Gasteiger partial charge in [0.2, 0.25) is 0 Å². The van der Waals surface area contributed by atoms with Crippen LogP contribution in [0.2, 0.25) is 0 Å². The first-order valence-corrected chi connectivity index (χ1v) is 7.57. The van der Waals surface area contributed by atoms with Crippen molar-refractivity contribution in [1.29, 1.82) is 0 Å². The molecule has 2 aromatic rings. The van der Waals surface area contributed by atoms with E-state index in [-0.39, 0.29) is 12.4 Å². The van der Waals surface area contributed by atoms with Crippen LogP contribution in [0.3, 0.4) is 0 Å². The summed E-state index contributed by atoms with van der Waals surface area (Å²) < 4.78 is 18.8. The van der Waals surface area contributed by atoms with Crippen LogP contribution in [0, 0.1) is 5.82 Å². The number of hydrogen-bond acceptors (Lipinski definition) is 3. The Labute approximate surface area is 127 Å². The standard InChI is InChI=1S/C16H18FNO2S/c1-16(2,3)20-15(19)18-9-11-6-13(8-14(17)7-11)12-4-5-21-10-12/h4-8,10H,9H2,1-3H3,(H,18,19). The molecule has 21 heavy (non-hydrogen) atoms. The van der Waals surface area contributed by atoms with Gasteiger partial charge in [0.15, 0.2) is 0 Å². The summed E-state index contributed by atoms with van der Waals surface area (Å²) in [5.74, 6) is -0.320. The second-order valence-corrected chi connectivity index (χ2v) is 6.50. The quantitative estimate of drug-likeness (QED) is 0.901. The molecule has 0 saturated carbocycles. The zero-order valence-electron chi connectivity index (χ0n) is 12.3. The lowest BCUT2D eigenvalue weighted by atomic mass is 10.1. The van der Waals surface area contributed by atoms with Gasteiger partial charge in [0.25, 0.3) is 0 Å². The van der Waals surface area contributed by atoms with Gasteiger partial charge in [-0.25, -0.2) is 9.18 Å². The van der Waals surface area contributed by atoms with E-state index in [1.807, 2.05) is 22.9 Å². The second-order valence-electron chi connectivity index (χ2n) is 5.72. The summed E-state index contributed by atoms with van der Waals surface area (Å²) in [5, 5.41) is 6.53. The number of nitrogens with one attached hydrogen (secondary N) is 1. The lowest BCUT2D eigenvalue weighted by molar-refractivity contribution is 0.0523. The molecule has 1 N–H and O–H groups in total. The molecule has 0 unspecified atom stereocenters. The summed E-state index contributed by atoms with van der Waals surface area (Å²) >= 11 is 1.56. The Kier molecular flexibility index (Phi) is 4.63. The van der Waals surface area contributed by atoms with Crippen LogP contribution in [0.4, 0.5) is 9.18 Å². The van der Waals surface area contributed by atoms with Crippen molar-refractivity contribution in [2.45, 2.75) is 32.9 Å². The predicted octanol–water partition coefficient (Wildman–Crippen LogP) is 4.58. The first kappa shape index (κ1) is 15.5. The highest BCUT2D eigenvalue weighted by Crippen LogP contribution is 2.24. The number of rotatable bonds is 3. The average molecular weight is 307 g/mol. The van der Waals surface area contributed by atoms with Gasteiger partial charge in [0.1, 0.15) is 11.4 Å². The Morgan fingerprint density at radius 3 is 2.67 bits per heavy atom. The van der Waals surface area contributed by atoms with Crippen molar-refractivity contribution >= 4 is 17.4 Å². The maximum absolute atomic E-state index is 13.7. The third kappa shape index (κ3) is 4.86. The number of carbonyl (C=O) groups excluding carboxylic acids is 1. The molecular weight excluding hydrogens is 289 g/mol. The second kappa shape index (κ2) is 6.26. The Bertz CT molecular complexity index is 618. The first-order chi connectivity index (χ1) is 9.83. The third-order valence-corrected chi connectivity index (χ3v) is 3.33. The van der Waals surface area contributed by atoms with Crippen LogP contribution >= 0.6 is 11.3 Å². The number of amides is 1. The van der Waals surface area contributed by atoms with E-state index in [1.165, 1.54) is 12.1 Å². The van der Waals surface area contributed by atoms with Gasteiger partial charge in [-0.1, -0.05) is 0 Å². The van der Waals surface area contributed by atoms with Crippen molar-refractivity contribution in [3.05, 3.63) is 46.4 Å². The van der Waals surface area contributed by atoms with Crippen LogP contribution in [0.25, 0.3) is 11.1 Å². The monoisotopic (exact) mass is 307 g/mol. The summed E-state index contributed by atoms with van der Waals surface area (Å²) in [4.78, 5) is 11.6. The molecule has 0 fully saturated rings.